The van der Waals surface area contributed by atoms with Crippen molar-refractivity contribution in [1.82, 2.24) is 13.7 Å². The van der Waals surface area contributed by atoms with Gasteiger partial charge in [-0.1, -0.05) is 29.8 Å². The van der Waals surface area contributed by atoms with Crippen molar-refractivity contribution in [2.24, 2.45) is 0 Å². The Morgan fingerprint density at radius 3 is 2.50 bits per heavy atom. The molecule has 7 nitrogen and oxygen atoms in total. The predicted molar refractivity (Wildman–Crippen MR) is 106 cm³/mol. The molecule has 0 atom stereocenters. The topological polar surface area (TPSA) is 76.2 Å². The maximum atomic E-state index is 12.7. The number of nitrogens with one attached hydrogen (secondary N) is 1. The molecule has 0 amide bonds. The van der Waals surface area contributed by atoms with Crippen LogP contribution >= 0.6 is 11.6 Å². The Morgan fingerprint density at radius 1 is 1.07 bits per heavy atom. The first kappa shape index (κ1) is 19.1. The molecule has 0 saturated carbocycles. The van der Waals surface area contributed by atoms with Crippen molar-refractivity contribution in [3.63, 3.8) is 0 Å². The highest BCUT2D eigenvalue weighted by atomic mass is 35.5. The molecular formula is C19H20ClN4O3S+. The number of halogens is 1. The van der Waals surface area contributed by atoms with Gasteiger partial charge in [-0.2, -0.15) is 4.31 Å². The van der Waals surface area contributed by atoms with Gasteiger partial charge >= 0.3 is 0 Å². The Balaban J connectivity index is 1.46. The quantitative estimate of drug-likeness (QED) is 0.665. The first-order valence-corrected chi connectivity index (χ1v) is 10.8. The maximum Gasteiger partial charge on any atom is 0.258 e. The molecule has 4 rings (SSSR count). The number of hydrogen-bond donors (Lipinski definition) is 1. The molecule has 0 unspecified atom stereocenters. The number of nitrogens with zero attached hydrogens (tertiary/aromatic N) is 3. The third kappa shape index (κ3) is 3.81. The van der Waals surface area contributed by atoms with Crippen LogP contribution < -0.4 is 10.5 Å². The van der Waals surface area contributed by atoms with Crippen molar-refractivity contribution < 1.29 is 13.3 Å². The van der Waals surface area contributed by atoms with Gasteiger partial charge in [-0.25, -0.2) is 13.4 Å². The van der Waals surface area contributed by atoms with Crippen molar-refractivity contribution >= 4 is 27.3 Å². The van der Waals surface area contributed by atoms with Crippen LogP contribution in [0.15, 0.2) is 64.4 Å². The average Bonchev–Trinajstić information content (AvgIpc) is 2.70. The Hall–Kier alpha value is -2.26. The Morgan fingerprint density at radius 2 is 1.79 bits per heavy atom. The van der Waals surface area contributed by atoms with Gasteiger partial charge in [-0.05, 0) is 24.3 Å². The van der Waals surface area contributed by atoms with Gasteiger partial charge in [-0.3, -0.25) is 9.20 Å². The fourth-order valence-electron chi connectivity index (χ4n) is 3.43. The molecular weight excluding hydrogens is 400 g/mol. The van der Waals surface area contributed by atoms with Crippen LogP contribution in [0.1, 0.15) is 5.69 Å². The van der Waals surface area contributed by atoms with Crippen molar-refractivity contribution in [2.45, 2.75) is 11.4 Å². The van der Waals surface area contributed by atoms with E-state index in [9.17, 15) is 13.2 Å². The lowest BCUT2D eigenvalue weighted by molar-refractivity contribution is -0.917. The van der Waals surface area contributed by atoms with Crippen molar-refractivity contribution in [3.8, 4) is 0 Å². The Bertz CT molecular complexity index is 1160. The van der Waals surface area contributed by atoms with Crippen LogP contribution in [0.2, 0.25) is 5.02 Å². The lowest BCUT2D eigenvalue weighted by Gasteiger charge is -2.31. The van der Waals surface area contributed by atoms with Crippen LogP contribution in [0.5, 0.6) is 0 Å². The van der Waals surface area contributed by atoms with Gasteiger partial charge in [0.1, 0.15) is 17.9 Å². The minimum Gasteiger partial charge on any atom is -0.328 e. The van der Waals surface area contributed by atoms with E-state index < -0.39 is 10.0 Å². The summed E-state index contributed by atoms with van der Waals surface area (Å²) in [6, 6.07) is 13.4. The number of hydrogen-bond acceptors (Lipinski definition) is 4. The lowest BCUT2D eigenvalue weighted by Crippen LogP contribution is -3.13. The molecule has 1 aliphatic rings. The second-order valence-corrected chi connectivity index (χ2v) is 9.18. The van der Waals surface area contributed by atoms with E-state index in [-0.39, 0.29) is 5.56 Å². The summed E-state index contributed by atoms with van der Waals surface area (Å²) in [4.78, 5) is 18.4. The summed E-state index contributed by atoms with van der Waals surface area (Å²) in [7, 11) is -3.46. The number of quaternary nitrogens is 1. The summed E-state index contributed by atoms with van der Waals surface area (Å²) in [5.74, 6) is 0. The lowest BCUT2D eigenvalue weighted by atomic mass is 10.3. The largest absolute Gasteiger partial charge is 0.328 e. The molecule has 146 valence electrons. The monoisotopic (exact) mass is 419 g/mol. The number of fused-ring (bicyclic) bond motifs is 1. The summed E-state index contributed by atoms with van der Waals surface area (Å²) in [6.07, 6.45) is 1.55. The van der Waals surface area contributed by atoms with E-state index in [0.717, 1.165) is 0 Å². The highest BCUT2D eigenvalue weighted by molar-refractivity contribution is 7.89. The number of aromatic nitrogens is 2. The zero-order valence-electron chi connectivity index (χ0n) is 15.1. The summed E-state index contributed by atoms with van der Waals surface area (Å²) in [5.41, 5.74) is 1.07. The molecule has 3 aromatic rings. The molecule has 9 heteroatoms. The third-order valence-electron chi connectivity index (χ3n) is 4.92. The van der Waals surface area contributed by atoms with Gasteiger partial charge in [-0.15, -0.1) is 0 Å². The molecule has 0 radical (unpaired) electrons. The van der Waals surface area contributed by atoms with Gasteiger partial charge in [0.2, 0.25) is 10.0 Å². The van der Waals surface area contributed by atoms with Crippen LogP contribution in [0, 0.1) is 0 Å². The van der Waals surface area contributed by atoms with Gasteiger partial charge in [0.25, 0.3) is 5.56 Å². The highest BCUT2D eigenvalue weighted by Crippen LogP contribution is 2.15. The van der Waals surface area contributed by atoms with Gasteiger partial charge in [0.05, 0.1) is 36.1 Å². The molecule has 1 aromatic carbocycles. The van der Waals surface area contributed by atoms with Gasteiger partial charge < -0.3 is 4.90 Å². The molecule has 0 bridgehead atoms. The van der Waals surface area contributed by atoms with Crippen molar-refractivity contribution in [2.75, 3.05) is 26.2 Å². The van der Waals surface area contributed by atoms with Crippen LogP contribution in [-0.2, 0) is 16.6 Å². The van der Waals surface area contributed by atoms with E-state index in [2.05, 4.69) is 4.98 Å². The van der Waals surface area contributed by atoms with E-state index in [1.54, 1.807) is 48.7 Å². The SMILES string of the molecule is O=c1cc(C[NH+]2CCN(S(=O)(=O)c3ccccc3)CC2)nc2ccc(Cl)cn12. The first-order chi connectivity index (χ1) is 13.4. The molecule has 0 spiro atoms. The van der Waals surface area contributed by atoms with Crippen LogP contribution in [0.25, 0.3) is 5.65 Å². The number of piperazine rings is 1. The summed E-state index contributed by atoms with van der Waals surface area (Å²) in [5, 5.41) is 0.477. The van der Waals surface area contributed by atoms with E-state index >= 15 is 0 Å². The number of benzene rings is 1. The Kier molecular flexibility index (Phi) is 5.20. The predicted octanol–water partition coefficient (Wildman–Crippen LogP) is 0.437. The van der Waals surface area contributed by atoms with Gasteiger partial charge in [0, 0.05) is 12.3 Å². The highest BCUT2D eigenvalue weighted by Gasteiger charge is 2.30. The second kappa shape index (κ2) is 7.63. The smallest absolute Gasteiger partial charge is 0.258 e. The summed E-state index contributed by atoms with van der Waals surface area (Å²) in [6.45, 7) is 2.78. The normalized spacial score (nSPS) is 16.5. The van der Waals surface area contributed by atoms with Crippen LogP contribution in [-0.4, -0.2) is 48.3 Å². The average molecular weight is 420 g/mol. The number of pyridine rings is 1. The zero-order valence-corrected chi connectivity index (χ0v) is 16.7. The van der Waals surface area contributed by atoms with E-state index in [0.29, 0.717) is 54.0 Å². The van der Waals surface area contributed by atoms with E-state index in [4.69, 9.17) is 11.6 Å². The zero-order chi connectivity index (χ0) is 19.7. The number of rotatable bonds is 4. The van der Waals surface area contributed by atoms with Crippen molar-refractivity contribution in [1.29, 1.82) is 0 Å². The maximum absolute atomic E-state index is 12.7. The molecule has 3 heterocycles. The molecule has 28 heavy (non-hydrogen) atoms. The molecule has 1 aliphatic heterocycles. The standard InChI is InChI=1S/C19H19ClN4O3S/c20-15-6-7-18-21-16(12-19(25)24(18)13-15)14-22-8-10-23(11-9-22)28(26,27)17-4-2-1-3-5-17/h1-7,12-13H,8-11,14H2/p+1. The summed E-state index contributed by atoms with van der Waals surface area (Å²) < 4.78 is 28.4. The van der Waals surface area contributed by atoms with E-state index in [1.165, 1.54) is 19.7 Å². The van der Waals surface area contributed by atoms with E-state index in [1.807, 2.05) is 0 Å². The molecule has 1 saturated heterocycles. The van der Waals surface area contributed by atoms with Crippen LogP contribution in [0.4, 0.5) is 0 Å². The summed E-state index contributed by atoms with van der Waals surface area (Å²) >= 11 is 5.94. The molecule has 1 fully saturated rings. The fourth-order valence-corrected chi connectivity index (χ4v) is 5.06. The third-order valence-corrected chi connectivity index (χ3v) is 7.05. The molecule has 1 N–H and O–H groups in total. The minimum atomic E-state index is -3.46. The van der Waals surface area contributed by atoms with Crippen LogP contribution in [0.3, 0.4) is 0 Å². The van der Waals surface area contributed by atoms with Crippen molar-refractivity contribution in [3.05, 3.63) is 75.8 Å². The Labute approximate surface area is 167 Å². The number of sulfonamides is 1. The fraction of sp³-hybridized carbons (Fsp3) is 0.263. The minimum absolute atomic E-state index is 0.174. The molecule has 2 aromatic heterocycles. The molecule has 0 aliphatic carbocycles. The van der Waals surface area contributed by atoms with Gasteiger partial charge in [0.15, 0.2) is 0 Å². The first-order valence-electron chi connectivity index (χ1n) is 9.00. The second-order valence-electron chi connectivity index (χ2n) is 6.81.